The first kappa shape index (κ1) is 8.76. The largest absolute Gasteiger partial charge is 0.244 e. The second-order valence-corrected chi connectivity index (χ2v) is 3.64. The minimum Gasteiger partial charge on any atom is -0.244 e. The van der Waals surface area contributed by atoms with E-state index in [0.717, 1.165) is 12.8 Å². The Morgan fingerprint density at radius 3 is 2.55 bits per heavy atom. The van der Waals surface area contributed by atoms with Gasteiger partial charge in [-0.2, -0.15) is 0 Å². The zero-order chi connectivity index (χ0) is 8.48. The van der Waals surface area contributed by atoms with Gasteiger partial charge in [-0.3, -0.25) is 0 Å². The van der Waals surface area contributed by atoms with E-state index in [4.69, 9.17) is 0 Å². The van der Waals surface area contributed by atoms with Crippen LogP contribution in [0, 0.1) is 5.92 Å². The van der Waals surface area contributed by atoms with Gasteiger partial charge in [0.2, 0.25) is 0 Å². The van der Waals surface area contributed by atoms with Crippen LogP contribution in [0.2, 0.25) is 0 Å². The second kappa shape index (κ2) is 2.96. The molecule has 1 aliphatic rings. The molecule has 0 aromatic heterocycles. The molecule has 1 fully saturated rings. The zero-order valence-electron chi connectivity index (χ0n) is 7.65. The van der Waals surface area contributed by atoms with E-state index in [-0.39, 0.29) is 0 Å². The molecule has 0 unspecified atom stereocenters. The van der Waals surface area contributed by atoms with Crippen molar-refractivity contribution in [3.8, 4) is 0 Å². The number of alkyl halides is 1. The van der Waals surface area contributed by atoms with Crippen molar-refractivity contribution < 1.29 is 4.39 Å². The maximum Gasteiger partial charge on any atom is 0.112 e. The van der Waals surface area contributed by atoms with Crippen molar-refractivity contribution in [3.05, 3.63) is 11.6 Å². The third-order valence-electron chi connectivity index (χ3n) is 2.96. The molecule has 0 aromatic rings. The normalized spacial score (nSPS) is 38.5. The SMILES string of the molecule is C/C=C(\C)C1CC(F)(CC)C1. The summed E-state index contributed by atoms with van der Waals surface area (Å²) in [5.74, 6) is 0.532. The Morgan fingerprint density at radius 1 is 1.64 bits per heavy atom. The van der Waals surface area contributed by atoms with Crippen molar-refractivity contribution in [1.29, 1.82) is 0 Å². The Hall–Kier alpha value is -0.330. The van der Waals surface area contributed by atoms with E-state index < -0.39 is 5.67 Å². The molecule has 0 spiro atoms. The van der Waals surface area contributed by atoms with Gasteiger partial charge in [-0.25, -0.2) is 4.39 Å². The van der Waals surface area contributed by atoms with Gasteiger partial charge in [0.05, 0.1) is 0 Å². The smallest absolute Gasteiger partial charge is 0.112 e. The van der Waals surface area contributed by atoms with Crippen LogP contribution in [-0.2, 0) is 0 Å². The fourth-order valence-electron chi connectivity index (χ4n) is 1.67. The van der Waals surface area contributed by atoms with Gasteiger partial charge >= 0.3 is 0 Å². The van der Waals surface area contributed by atoms with E-state index in [2.05, 4.69) is 13.0 Å². The van der Waals surface area contributed by atoms with Crippen molar-refractivity contribution in [2.24, 2.45) is 5.92 Å². The van der Waals surface area contributed by atoms with Crippen LogP contribution in [0.5, 0.6) is 0 Å². The highest BCUT2D eigenvalue weighted by Crippen LogP contribution is 2.46. The summed E-state index contributed by atoms with van der Waals surface area (Å²) in [6, 6.07) is 0. The molecule has 0 amide bonds. The maximum atomic E-state index is 13.4. The molecule has 0 aromatic carbocycles. The summed E-state index contributed by atoms with van der Waals surface area (Å²) in [6.07, 6.45) is 4.28. The minimum absolute atomic E-state index is 0.532. The monoisotopic (exact) mass is 156 g/mol. The van der Waals surface area contributed by atoms with Gasteiger partial charge in [0.15, 0.2) is 0 Å². The summed E-state index contributed by atoms with van der Waals surface area (Å²) < 4.78 is 13.4. The van der Waals surface area contributed by atoms with Gasteiger partial charge in [-0.15, -0.1) is 0 Å². The Kier molecular flexibility index (Phi) is 2.36. The molecule has 0 radical (unpaired) electrons. The van der Waals surface area contributed by atoms with Crippen molar-refractivity contribution >= 4 is 0 Å². The second-order valence-electron chi connectivity index (χ2n) is 3.64. The maximum absolute atomic E-state index is 13.4. The molecule has 1 saturated carbocycles. The van der Waals surface area contributed by atoms with Crippen LogP contribution < -0.4 is 0 Å². The lowest BCUT2D eigenvalue weighted by Crippen LogP contribution is -2.39. The molecule has 0 heterocycles. The van der Waals surface area contributed by atoms with Crippen LogP contribution in [0.15, 0.2) is 11.6 Å². The highest BCUT2D eigenvalue weighted by Gasteiger charge is 2.43. The molecular formula is C10H17F. The summed E-state index contributed by atoms with van der Waals surface area (Å²) in [5.41, 5.74) is 0.529. The summed E-state index contributed by atoms with van der Waals surface area (Å²) >= 11 is 0. The molecule has 0 aliphatic heterocycles. The predicted molar refractivity (Wildman–Crippen MR) is 46.3 cm³/mol. The van der Waals surface area contributed by atoms with Gasteiger partial charge in [0.1, 0.15) is 5.67 Å². The number of halogens is 1. The van der Waals surface area contributed by atoms with Crippen molar-refractivity contribution in [3.63, 3.8) is 0 Å². The first-order chi connectivity index (χ1) is 5.11. The number of allylic oxidation sites excluding steroid dienone is 2. The van der Waals surface area contributed by atoms with E-state index in [1.54, 1.807) is 0 Å². The standard InChI is InChI=1S/C10H17F/c1-4-8(3)9-6-10(11,5-2)7-9/h4,9H,5-7H2,1-3H3/b8-4+. The Bertz CT molecular complexity index is 164. The van der Waals surface area contributed by atoms with Crippen molar-refractivity contribution in [2.75, 3.05) is 0 Å². The van der Waals surface area contributed by atoms with Gasteiger partial charge in [-0.05, 0) is 39.0 Å². The van der Waals surface area contributed by atoms with Gasteiger partial charge in [-0.1, -0.05) is 18.6 Å². The average Bonchev–Trinajstić information content (AvgIpc) is 1.97. The predicted octanol–water partition coefficient (Wildman–Crippen LogP) is 3.48. The summed E-state index contributed by atoms with van der Waals surface area (Å²) in [7, 11) is 0. The third-order valence-corrected chi connectivity index (χ3v) is 2.96. The van der Waals surface area contributed by atoms with E-state index in [1.165, 1.54) is 5.57 Å². The zero-order valence-corrected chi connectivity index (χ0v) is 7.65. The van der Waals surface area contributed by atoms with Crippen LogP contribution in [-0.4, -0.2) is 5.67 Å². The highest BCUT2D eigenvalue weighted by atomic mass is 19.1. The van der Waals surface area contributed by atoms with Crippen molar-refractivity contribution in [2.45, 2.75) is 45.7 Å². The van der Waals surface area contributed by atoms with E-state index in [0.29, 0.717) is 12.3 Å². The van der Waals surface area contributed by atoms with E-state index in [9.17, 15) is 4.39 Å². The van der Waals surface area contributed by atoms with Crippen molar-refractivity contribution in [1.82, 2.24) is 0 Å². The van der Waals surface area contributed by atoms with Gasteiger partial charge in [0.25, 0.3) is 0 Å². The Balaban J connectivity index is 2.40. The summed E-state index contributed by atoms with van der Waals surface area (Å²) in [4.78, 5) is 0. The molecule has 0 N–H and O–H groups in total. The lowest BCUT2D eigenvalue weighted by Gasteiger charge is -2.41. The molecule has 0 atom stereocenters. The minimum atomic E-state index is -0.824. The quantitative estimate of drug-likeness (QED) is 0.537. The van der Waals surface area contributed by atoms with Gasteiger partial charge in [0, 0.05) is 0 Å². The molecule has 1 heteroatoms. The highest BCUT2D eigenvalue weighted by molar-refractivity contribution is 5.11. The van der Waals surface area contributed by atoms with Gasteiger partial charge < -0.3 is 0 Å². The summed E-state index contributed by atoms with van der Waals surface area (Å²) in [5, 5.41) is 0. The molecule has 1 rings (SSSR count). The third kappa shape index (κ3) is 1.63. The number of hydrogen-bond acceptors (Lipinski definition) is 0. The molecule has 0 saturated heterocycles. The first-order valence-electron chi connectivity index (χ1n) is 4.43. The molecule has 64 valence electrons. The Labute approximate surface area is 68.5 Å². The molecule has 11 heavy (non-hydrogen) atoms. The Morgan fingerprint density at radius 2 is 2.18 bits per heavy atom. The number of hydrogen-bond donors (Lipinski definition) is 0. The van der Waals surface area contributed by atoms with E-state index in [1.807, 2.05) is 13.8 Å². The summed E-state index contributed by atoms with van der Waals surface area (Å²) in [6.45, 7) is 6.06. The molecular weight excluding hydrogens is 139 g/mol. The fourth-order valence-corrected chi connectivity index (χ4v) is 1.67. The van der Waals surface area contributed by atoms with Crippen LogP contribution in [0.3, 0.4) is 0 Å². The van der Waals surface area contributed by atoms with Crippen LogP contribution >= 0.6 is 0 Å². The van der Waals surface area contributed by atoms with E-state index >= 15 is 0 Å². The average molecular weight is 156 g/mol. The van der Waals surface area contributed by atoms with Crippen LogP contribution in [0.1, 0.15) is 40.0 Å². The number of rotatable bonds is 2. The lowest BCUT2D eigenvalue weighted by molar-refractivity contribution is 0.0195. The topological polar surface area (TPSA) is 0 Å². The molecule has 0 bridgehead atoms. The first-order valence-corrected chi connectivity index (χ1v) is 4.43. The fraction of sp³-hybridized carbons (Fsp3) is 0.800. The lowest BCUT2D eigenvalue weighted by atomic mass is 9.68. The molecule has 0 nitrogen and oxygen atoms in total. The molecule has 1 aliphatic carbocycles. The van der Waals surface area contributed by atoms with Crippen LogP contribution in [0.25, 0.3) is 0 Å². The van der Waals surface area contributed by atoms with Crippen LogP contribution in [0.4, 0.5) is 4.39 Å².